The molecule has 0 aliphatic rings. The van der Waals surface area contributed by atoms with E-state index in [9.17, 15) is 0 Å². The average molecular weight is 274 g/mol. The van der Waals surface area contributed by atoms with Crippen LogP contribution in [0.25, 0.3) is 10.1 Å². The zero-order chi connectivity index (χ0) is 7.84. The molecular weight excluding hydrogens is 267 g/mol. The molecule has 0 fully saturated rings. The number of aryl methyl sites for hydroxylation is 1. The minimum absolute atomic E-state index is 1.36. The summed E-state index contributed by atoms with van der Waals surface area (Å²) in [5.41, 5.74) is 1.40. The summed E-state index contributed by atoms with van der Waals surface area (Å²) in [4.78, 5) is 0. The normalized spacial score (nSPS) is 10.7. The Balaban J connectivity index is 2.96. The fourth-order valence-corrected chi connectivity index (χ4v) is 3.27. The molecule has 0 bridgehead atoms. The summed E-state index contributed by atoms with van der Waals surface area (Å²) in [7, 11) is 0. The van der Waals surface area contributed by atoms with Crippen LogP contribution in [0.3, 0.4) is 0 Å². The van der Waals surface area contributed by atoms with Crippen molar-refractivity contribution in [1.82, 2.24) is 0 Å². The Morgan fingerprint density at radius 1 is 1.36 bits per heavy atom. The van der Waals surface area contributed by atoms with E-state index in [2.05, 4.69) is 53.1 Å². The highest BCUT2D eigenvalue weighted by molar-refractivity contribution is 14.1. The van der Waals surface area contributed by atoms with Gasteiger partial charge in [-0.15, -0.1) is 11.3 Å². The Hall–Kier alpha value is -0.0900. The first-order valence-electron chi connectivity index (χ1n) is 3.41. The first kappa shape index (κ1) is 7.55. The van der Waals surface area contributed by atoms with Crippen molar-refractivity contribution in [3.8, 4) is 0 Å². The fraction of sp³-hybridized carbons (Fsp3) is 0.111. The van der Waals surface area contributed by atoms with E-state index in [0.29, 0.717) is 0 Å². The summed E-state index contributed by atoms with van der Waals surface area (Å²) >= 11 is 4.21. The topological polar surface area (TPSA) is 0 Å². The highest BCUT2D eigenvalue weighted by atomic mass is 127. The molecule has 2 aromatic rings. The molecule has 1 aromatic carbocycles. The van der Waals surface area contributed by atoms with Crippen molar-refractivity contribution in [2.75, 3.05) is 0 Å². The van der Waals surface area contributed by atoms with Crippen LogP contribution in [0.2, 0.25) is 0 Å². The van der Waals surface area contributed by atoms with E-state index in [1.54, 1.807) is 0 Å². The van der Waals surface area contributed by atoms with Crippen LogP contribution in [0.15, 0.2) is 23.6 Å². The maximum atomic E-state index is 2.39. The fourth-order valence-electron chi connectivity index (χ4n) is 1.20. The van der Waals surface area contributed by atoms with Gasteiger partial charge < -0.3 is 0 Å². The van der Waals surface area contributed by atoms with E-state index in [-0.39, 0.29) is 0 Å². The number of thiophene rings is 1. The molecule has 0 saturated heterocycles. The SMILES string of the molecule is Cc1csc2cccc(I)c12. The summed E-state index contributed by atoms with van der Waals surface area (Å²) in [5.74, 6) is 0. The van der Waals surface area contributed by atoms with Crippen molar-refractivity contribution >= 4 is 44.0 Å². The van der Waals surface area contributed by atoms with Crippen LogP contribution in [0.5, 0.6) is 0 Å². The molecule has 56 valence electrons. The molecule has 0 unspecified atom stereocenters. The highest BCUT2D eigenvalue weighted by Crippen LogP contribution is 2.28. The van der Waals surface area contributed by atoms with Gasteiger partial charge in [0, 0.05) is 13.7 Å². The highest BCUT2D eigenvalue weighted by Gasteiger charge is 2.01. The third-order valence-corrected chi connectivity index (χ3v) is 3.70. The molecule has 0 N–H and O–H groups in total. The zero-order valence-corrected chi connectivity index (χ0v) is 9.07. The van der Waals surface area contributed by atoms with Crippen LogP contribution in [-0.4, -0.2) is 0 Å². The first-order valence-corrected chi connectivity index (χ1v) is 5.37. The molecule has 0 nitrogen and oxygen atoms in total. The van der Waals surface area contributed by atoms with E-state index in [0.717, 1.165) is 0 Å². The largest absolute Gasteiger partial charge is 0.143 e. The van der Waals surface area contributed by atoms with Gasteiger partial charge in [-0.05, 0) is 52.6 Å². The predicted octanol–water partition coefficient (Wildman–Crippen LogP) is 3.81. The molecule has 1 heterocycles. The van der Waals surface area contributed by atoms with Crippen molar-refractivity contribution < 1.29 is 0 Å². The average Bonchev–Trinajstić information content (AvgIpc) is 2.34. The minimum atomic E-state index is 1.36. The van der Waals surface area contributed by atoms with Gasteiger partial charge in [-0.2, -0.15) is 0 Å². The molecule has 2 heteroatoms. The summed E-state index contributed by atoms with van der Waals surface area (Å²) in [5, 5.41) is 3.64. The van der Waals surface area contributed by atoms with Crippen molar-refractivity contribution in [2.45, 2.75) is 6.92 Å². The summed E-state index contributed by atoms with van der Waals surface area (Å²) < 4.78 is 2.76. The second kappa shape index (κ2) is 2.75. The van der Waals surface area contributed by atoms with Crippen LogP contribution >= 0.6 is 33.9 Å². The van der Waals surface area contributed by atoms with Gasteiger partial charge in [-0.1, -0.05) is 6.07 Å². The smallest absolute Gasteiger partial charge is 0.0356 e. The summed E-state index contributed by atoms with van der Waals surface area (Å²) in [6.07, 6.45) is 0. The molecule has 2 rings (SSSR count). The van der Waals surface area contributed by atoms with Crippen molar-refractivity contribution in [3.05, 3.63) is 32.7 Å². The molecule has 0 aliphatic carbocycles. The second-order valence-corrected chi connectivity index (χ2v) is 4.61. The minimum Gasteiger partial charge on any atom is -0.143 e. The first-order chi connectivity index (χ1) is 5.29. The Morgan fingerprint density at radius 3 is 2.91 bits per heavy atom. The molecule has 0 radical (unpaired) electrons. The molecule has 0 aliphatic heterocycles. The van der Waals surface area contributed by atoms with E-state index >= 15 is 0 Å². The van der Waals surface area contributed by atoms with Crippen LogP contribution in [-0.2, 0) is 0 Å². The van der Waals surface area contributed by atoms with Gasteiger partial charge in [0.25, 0.3) is 0 Å². The Morgan fingerprint density at radius 2 is 2.18 bits per heavy atom. The van der Waals surface area contributed by atoms with E-state index in [1.165, 1.54) is 19.2 Å². The summed E-state index contributed by atoms with van der Waals surface area (Å²) in [6, 6.07) is 6.44. The van der Waals surface area contributed by atoms with Crippen LogP contribution in [0, 0.1) is 10.5 Å². The van der Waals surface area contributed by atoms with Crippen molar-refractivity contribution in [3.63, 3.8) is 0 Å². The Bertz CT molecular complexity index is 389. The third-order valence-electron chi connectivity index (χ3n) is 1.73. The quantitative estimate of drug-likeness (QED) is 0.641. The number of benzene rings is 1. The number of hydrogen-bond acceptors (Lipinski definition) is 1. The number of fused-ring (bicyclic) bond motifs is 1. The van der Waals surface area contributed by atoms with Crippen LogP contribution < -0.4 is 0 Å². The number of halogens is 1. The number of hydrogen-bond donors (Lipinski definition) is 0. The monoisotopic (exact) mass is 274 g/mol. The molecule has 0 atom stereocenters. The maximum absolute atomic E-state index is 2.39. The van der Waals surface area contributed by atoms with Crippen LogP contribution in [0.1, 0.15) is 5.56 Å². The third kappa shape index (κ3) is 1.18. The zero-order valence-electron chi connectivity index (χ0n) is 6.10. The lowest BCUT2D eigenvalue weighted by Crippen LogP contribution is -1.72. The number of rotatable bonds is 0. The lowest BCUT2D eigenvalue weighted by molar-refractivity contribution is 1.58. The molecule has 1 aromatic heterocycles. The van der Waals surface area contributed by atoms with Crippen molar-refractivity contribution in [1.29, 1.82) is 0 Å². The Labute approximate surface area is 83.4 Å². The van der Waals surface area contributed by atoms with Gasteiger partial charge in [0.2, 0.25) is 0 Å². The Kier molecular flexibility index (Phi) is 1.89. The standard InChI is InChI=1S/C9H7IS/c1-6-5-11-8-4-2-3-7(10)9(6)8/h2-5H,1H3. The van der Waals surface area contributed by atoms with Crippen LogP contribution in [0.4, 0.5) is 0 Å². The second-order valence-electron chi connectivity index (χ2n) is 2.53. The van der Waals surface area contributed by atoms with E-state index < -0.39 is 0 Å². The molecule has 0 saturated carbocycles. The van der Waals surface area contributed by atoms with Gasteiger partial charge in [-0.3, -0.25) is 0 Å². The van der Waals surface area contributed by atoms with Gasteiger partial charge in [0.1, 0.15) is 0 Å². The molecular formula is C9H7IS. The lowest BCUT2D eigenvalue weighted by atomic mass is 10.2. The lowest BCUT2D eigenvalue weighted by Gasteiger charge is -1.93. The maximum Gasteiger partial charge on any atom is 0.0356 e. The molecule has 11 heavy (non-hydrogen) atoms. The molecule has 0 spiro atoms. The van der Waals surface area contributed by atoms with Gasteiger partial charge in [0.05, 0.1) is 0 Å². The predicted molar refractivity (Wildman–Crippen MR) is 59.3 cm³/mol. The van der Waals surface area contributed by atoms with Gasteiger partial charge in [0.15, 0.2) is 0 Å². The van der Waals surface area contributed by atoms with Crippen molar-refractivity contribution in [2.24, 2.45) is 0 Å². The van der Waals surface area contributed by atoms with Gasteiger partial charge in [-0.25, -0.2) is 0 Å². The van der Waals surface area contributed by atoms with E-state index in [1.807, 2.05) is 11.3 Å². The van der Waals surface area contributed by atoms with E-state index in [4.69, 9.17) is 0 Å². The van der Waals surface area contributed by atoms with Gasteiger partial charge >= 0.3 is 0 Å². The molecule has 0 amide bonds. The summed E-state index contributed by atoms with van der Waals surface area (Å²) in [6.45, 7) is 2.17.